The van der Waals surface area contributed by atoms with Crippen molar-refractivity contribution in [2.45, 2.75) is 19.6 Å². The van der Waals surface area contributed by atoms with E-state index in [2.05, 4.69) is 0 Å². The maximum Gasteiger partial charge on any atom is 0.107 e. The summed E-state index contributed by atoms with van der Waals surface area (Å²) in [4.78, 5) is 0. The van der Waals surface area contributed by atoms with E-state index in [0.29, 0.717) is 0 Å². The average molecular weight is 93.1 g/mol. The van der Waals surface area contributed by atoms with E-state index in [1.807, 2.05) is 0 Å². The van der Waals surface area contributed by atoms with Crippen LogP contribution in [-0.4, -0.2) is 16.3 Å². The van der Waals surface area contributed by atoms with E-state index in [1.165, 1.54) is 13.8 Å². The summed E-state index contributed by atoms with van der Waals surface area (Å²) >= 11 is 0. The van der Waals surface area contributed by atoms with Gasteiger partial charge in [-0.25, -0.2) is 0 Å². The molecule has 3 heteroatoms. The van der Waals surface area contributed by atoms with Crippen molar-refractivity contribution in [3.05, 3.63) is 0 Å². The van der Waals surface area contributed by atoms with Gasteiger partial charge in [0.15, 0.2) is 0 Å². The monoisotopic (exact) mass is 93.1 g/mol. The summed E-state index contributed by atoms with van der Waals surface area (Å²) in [6.07, 6.45) is 0. The molecule has 0 fully saturated rings. The topological polar surface area (TPSA) is 77.8 Å². The molecule has 0 aromatic heterocycles. The third-order valence-corrected chi connectivity index (χ3v) is 0. The number of hydrogen-bond acceptors (Lipinski definition) is 2. The van der Waals surface area contributed by atoms with Crippen molar-refractivity contribution in [2.24, 2.45) is 5.73 Å². The van der Waals surface area contributed by atoms with Crippen molar-refractivity contribution in [1.82, 2.24) is 0 Å². The van der Waals surface area contributed by atoms with Gasteiger partial charge in [-0.05, 0) is 13.8 Å². The Kier molecular flexibility index (Phi) is 3.29. The molecule has 5 N–H and O–H groups in total. The molecule has 0 atom stereocenters. The second-order valence-electron chi connectivity index (χ2n) is 1.65. The van der Waals surface area contributed by atoms with E-state index in [-0.39, 0.29) is 5.48 Å². The summed E-state index contributed by atoms with van der Waals surface area (Å²) in [5.41, 5.74) is 3.91. The zero-order chi connectivity index (χ0) is 4.50. The molecule has 6 heavy (non-hydrogen) atoms. The Hall–Kier alpha value is -0.120. The Labute approximate surface area is 37.1 Å². The fourth-order valence-corrected chi connectivity index (χ4v) is 0. The molecule has 0 spiro atoms. The summed E-state index contributed by atoms with van der Waals surface area (Å²) in [6, 6.07) is 0. The SMILES string of the molecule is CC(C)(N)O.O. The predicted octanol–water partition coefficient (Wildman–Crippen LogP) is -1.15. The van der Waals surface area contributed by atoms with Crippen LogP contribution in [0.5, 0.6) is 0 Å². The zero-order valence-electron chi connectivity index (χ0n) is 4.02. The molecule has 0 aromatic rings. The fourth-order valence-electron chi connectivity index (χ4n) is 0. The summed E-state index contributed by atoms with van der Waals surface area (Å²) < 4.78 is 0. The van der Waals surface area contributed by atoms with Crippen molar-refractivity contribution in [3.8, 4) is 0 Å². The summed E-state index contributed by atoms with van der Waals surface area (Å²) in [6.45, 7) is 3.04. The molecule has 40 valence electrons. The lowest BCUT2D eigenvalue weighted by molar-refractivity contribution is 0.0881. The van der Waals surface area contributed by atoms with Gasteiger partial charge in [-0.1, -0.05) is 0 Å². The molecule has 0 aliphatic rings. The summed E-state index contributed by atoms with van der Waals surface area (Å²) in [7, 11) is 0. The lowest BCUT2D eigenvalue weighted by atomic mass is 10.4. The molecule has 0 unspecified atom stereocenters. The van der Waals surface area contributed by atoms with Crippen LogP contribution in [0, 0.1) is 0 Å². The number of rotatable bonds is 0. The van der Waals surface area contributed by atoms with Crippen LogP contribution in [0.3, 0.4) is 0 Å². The lowest BCUT2D eigenvalue weighted by Gasteiger charge is -2.05. The van der Waals surface area contributed by atoms with Gasteiger partial charge in [0.1, 0.15) is 5.72 Å². The molecular formula is C3H11NO2. The first-order valence-electron chi connectivity index (χ1n) is 1.51. The fraction of sp³-hybridized carbons (Fsp3) is 1.00. The second-order valence-corrected chi connectivity index (χ2v) is 1.65. The highest BCUT2D eigenvalue weighted by molar-refractivity contribution is 4.47. The van der Waals surface area contributed by atoms with E-state index in [4.69, 9.17) is 10.8 Å². The molecular weight excluding hydrogens is 82.0 g/mol. The second kappa shape index (κ2) is 2.12. The molecule has 0 saturated heterocycles. The Balaban J connectivity index is 0. The van der Waals surface area contributed by atoms with Gasteiger partial charge < -0.3 is 16.3 Å². The molecule has 3 nitrogen and oxygen atoms in total. The number of aliphatic hydroxyl groups is 1. The smallest absolute Gasteiger partial charge is 0.107 e. The van der Waals surface area contributed by atoms with E-state index in [0.717, 1.165) is 0 Å². The summed E-state index contributed by atoms with van der Waals surface area (Å²) in [5, 5.41) is 8.30. The third kappa shape index (κ3) is 2230. The minimum absolute atomic E-state index is 0. The molecule has 0 saturated carbocycles. The van der Waals surface area contributed by atoms with Gasteiger partial charge in [0, 0.05) is 0 Å². The normalized spacial score (nSPS) is 10.0. The van der Waals surface area contributed by atoms with Crippen LogP contribution in [0.15, 0.2) is 0 Å². The number of nitrogens with two attached hydrogens (primary N) is 1. The highest BCUT2D eigenvalue weighted by Crippen LogP contribution is 1.82. The zero-order valence-corrected chi connectivity index (χ0v) is 4.02. The van der Waals surface area contributed by atoms with Gasteiger partial charge in [0.2, 0.25) is 0 Å². The maximum absolute atomic E-state index is 8.30. The Bertz CT molecular complexity index is 24.3. The summed E-state index contributed by atoms with van der Waals surface area (Å²) in [5.74, 6) is 0. The molecule has 0 aliphatic heterocycles. The third-order valence-electron chi connectivity index (χ3n) is 0. The Morgan fingerprint density at radius 2 is 1.50 bits per heavy atom. The van der Waals surface area contributed by atoms with Crippen LogP contribution in [0.1, 0.15) is 13.8 Å². The lowest BCUT2D eigenvalue weighted by Crippen LogP contribution is -2.30. The van der Waals surface area contributed by atoms with Gasteiger partial charge in [0.25, 0.3) is 0 Å². The quantitative estimate of drug-likeness (QED) is 0.371. The molecule has 0 bridgehead atoms. The van der Waals surface area contributed by atoms with Crippen LogP contribution in [0.2, 0.25) is 0 Å². The predicted molar refractivity (Wildman–Crippen MR) is 24.1 cm³/mol. The van der Waals surface area contributed by atoms with E-state index >= 15 is 0 Å². The van der Waals surface area contributed by atoms with Crippen molar-refractivity contribution >= 4 is 0 Å². The van der Waals surface area contributed by atoms with Crippen molar-refractivity contribution in [2.75, 3.05) is 0 Å². The van der Waals surface area contributed by atoms with Crippen LogP contribution in [0.4, 0.5) is 0 Å². The van der Waals surface area contributed by atoms with Gasteiger partial charge in [0.05, 0.1) is 0 Å². The van der Waals surface area contributed by atoms with Crippen LogP contribution in [-0.2, 0) is 0 Å². The van der Waals surface area contributed by atoms with E-state index in [9.17, 15) is 0 Å². The molecule has 0 radical (unpaired) electrons. The highest BCUT2D eigenvalue weighted by Gasteiger charge is 1.98. The van der Waals surface area contributed by atoms with Crippen LogP contribution in [0.25, 0.3) is 0 Å². The molecule has 0 amide bonds. The van der Waals surface area contributed by atoms with E-state index < -0.39 is 5.72 Å². The molecule has 0 aromatic carbocycles. The highest BCUT2D eigenvalue weighted by atomic mass is 16.3. The Morgan fingerprint density at radius 1 is 1.50 bits per heavy atom. The largest absolute Gasteiger partial charge is 0.412 e. The standard InChI is InChI=1S/C3H9NO.H2O/c1-3(2,4)5;/h5H,4H2,1-2H3;1H2. The van der Waals surface area contributed by atoms with Gasteiger partial charge in [-0.2, -0.15) is 0 Å². The average Bonchev–Trinajstić information content (AvgIpc) is 0.722. The van der Waals surface area contributed by atoms with Crippen LogP contribution >= 0.6 is 0 Å². The van der Waals surface area contributed by atoms with Gasteiger partial charge >= 0.3 is 0 Å². The van der Waals surface area contributed by atoms with Crippen molar-refractivity contribution in [3.63, 3.8) is 0 Å². The van der Waals surface area contributed by atoms with Gasteiger partial charge in [-0.15, -0.1) is 0 Å². The van der Waals surface area contributed by atoms with E-state index in [1.54, 1.807) is 0 Å². The minimum Gasteiger partial charge on any atom is -0.412 e. The molecule has 0 aliphatic carbocycles. The van der Waals surface area contributed by atoms with Crippen molar-refractivity contribution in [1.29, 1.82) is 0 Å². The molecule has 0 heterocycles. The first kappa shape index (κ1) is 9.30. The molecule has 0 rings (SSSR count). The number of hydrogen-bond donors (Lipinski definition) is 2. The van der Waals surface area contributed by atoms with Crippen LogP contribution < -0.4 is 5.73 Å². The first-order chi connectivity index (χ1) is 2.00. The van der Waals surface area contributed by atoms with Crippen molar-refractivity contribution < 1.29 is 10.6 Å². The minimum atomic E-state index is -1.00. The first-order valence-corrected chi connectivity index (χ1v) is 1.51. The van der Waals surface area contributed by atoms with Gasteiger partial charge in [-0.3, -0.25) is 0 Å². The Morgan fingerprint density at radius 3 is 1.50 bits per heavy atom. The maximum atomic E-state index is 8.30.